The minimum atomic E-state index is -0.133. The van der Waals surface area contributed by atoms with Gasteiger partial charge in [-0.2, -0.15) is 0 Å². The second-order valence-corrected chi connectivity index (χ2v) is 5.34. The Morgan fingerprint density at radius 2 is 1.73 bits per heavy atom. The van der Waals surface area contributed by atoms with Crippen LogP contribution >= 0.6 is 0 Å². The van der Waals surface area contributed by atoms with Gasteiger partial charge in [0.15, 0.2) is 0 Å². The monoisotopic (exact) mass is 299 g/mol. The Balaban J connectivity index is 1.83. The summed E-state index contributed by atoms with van der Waals surface area (Å²) in [5, 5.41) is 12.2. The van der Waals surface area contributed by atoms with Gasteiger partial charge in [0.2, 0.25) is 5.91 Å². The molecule has 0 aliphatic rings. The number of phenols is 1. The van der Waals surface area contributed by atoms with Gasteiger partial charge in [0.25, 0.3) is 0 Å². The van der Waals surface area contributed by atoms with Crippen LogP contribution in [0, 0.1) is 0 Å². The molecule has 4 nitrogen and oxygen atoms in total. The fourth-order valence-electron chi connectivity index (χ4n) is 2.04. The quantitative estimate of drug-likeness (QED) is 0.862. The lowest BCUT2D eigenvalue weighted by atomic mass is 10.1. The van der Waals surface area contributed by atoms with Crippen molar-refractivity contribution in [3.63, 3.8) is 0 Å². The Morgan fingerprint density at radius 3 is 2.36 bits per heavy atom. The van der Waals surface area contributed by atoms with E-state index in [0.717, 1.165) is 11.3 Å². The van der Waals surface area contributed by atoms with Crippen LogP contribution in [0.3, 0.4) is 0 Å². The maximum atomic E-state index is 12.0. The lowest BCUT2D eigenvalue weighted by molar-refractivity contribution is -0.121. The Kier molecular flexibility index (Phi) is 5.42. The number of amides is 1. The second-order valence-electron chi connectivity index (χ2n) is 5.34. The maximum absolute atomic E-state index is 12.0. The summed E-state index contributed by atoms with van der Waals surface area (Å²) in [4.78, 5) is 12.0. The first-order valence-corrected chi connectivity index (χ1v) is 7.33. The van der Waals surface area contributed by atoms with E-state index < -0.39 is 0 Å². The number of hydrogen-bond donors (Lipinski definition) is 2. The summed E-state index contributed by atoms with van der Waals surface area (Å²) >= 11 is 0. The molecule has 0 aliphatic heterocycles. The first-order valence-electron chi connectivity index (χ1n) is 7.33. The van der Waals surface area contributed by atoms with Gasteiger partial charge in [-0.1, -0.05) is 30.3 Å². The third-order valence-corrected chi connectivity index (χ3v) is 3.46. The highest BCUT2D eigenvalue weighted by Crippen LogP contribution is 2.13. The van der Waals surface area contributed by atoms with Crippen LogP contribution < -0.4 is 10.1 Å². The topological polar surface area (TPSA) is 58.6 Å². The third-order valence-electron chi connectivity index (χ3n) is 3.46. The minimum absolute atomic E-state index is 0.0679. The van der Waals surface area contributed by atoms with E-state index in [1.807, 2.05) is 44.2 Å². The standard InChI is InChI=1S/C18H21NO3/c1-13(14(2)22-17-6-4-3-5-7-17)19-18(21)12-15-8-10-16(20)11-9-15/h3-11,13-14,20H,12H2,1-2H3,(H,19,21)/t13-,14+/m1/s1. The average molecular weight is 299 g/mol. The molecule has 2 rings (SSSR count). The number of nitrogens with one attached hydrogen (secondary N) is 1. The summed E-state index contributed by atoms with van der Waals surface area (Å²) in [6.07, 6.45) is 0.147. The lowest BCUT2D eigenvalue weighted by Crippen LogP contribution is -2.43. The number of benzene rings is 2. The van der Waals surface area contributed by atoms with Crippen LogP contribution in [0.2, 0.25) is 0 Å². The van der Waals surface area contributed by atoms with Gasteiger partial charge < -0.3 is 15.2 Å². The van der Waals surface area contributed by atoms with Crippen molar-refractivity contribution in [1.82, 2.24) is 5.32 Å². The van der Waals surface area contributed by atoms with Crippen molar-refractivity contribution >= 4 is 5.91 Å². The van der Waals surface area contributed by atoms with Crippen molar-refractivity contribution in [3.8, 4) is 11.5 Å². The molecule has 22 heavy (non-hydrogen) atoms. The average Bonchev–Trinajstić information content (AvgIpc) is 2.50. The molecule has 2 aromatic carbocycles. The summed E-state index contributed by atoms with van der Waals surface area (Å²) < 4.78 is 5.80. The summed E-state index contributed by atoms with van der Waals surface area (Å²) in [5.74, 6) is 0.916. The Hall–Kier alpha value is -2.49. The van der Waals surface area contributed by atoms with Crippen LogP contribution in [0.1, 0.15) is 19.4 Å². The molecule has 0 saturated carbocycles. The summed E-state index contributed by atoms with van der Waals surface area (Å²) in [5.41, 5.74) is 0.860. The molecule has 0 spiro atoms. The van der Waals surface area contributed by atoms with Crippen molar-refractivity contribution in [2.24, 2.45) is 0 Å². The molecule has 116 valence electrons. The first-order chi connectivity index (χ1) is 10.5. The third kappa shape index (κ3) is 4.81. The van der Waals surface area contributed by atoms with E-state index in [1.165, 1.54) is 0 Å². The van der Waals surface area contributed by atoms with E-state index in [1.54, 1.807) is 24.3 Å². The molecule has 2 atom stereocenters. The number of aromatic hydroxyl groups is 1. The van der Waals surface area contributed by atoms with E-state index in [-0.39, 0.29) is 30.2 Å². The van der Waals surface area contributed by atoms with Gasteiger partial charge in [0.1, 0.15) is 17.6 Å². The number of carbonyl (C=O) groups is 1. The van der Waals surface area contributed by atoms with Crippen molar-refractivity contribution < 1.29 is 14.6 Å². The van der Waals surface area contributed by atoms with Crippen molar-refractivity contribution in [2.45, 2.75) is 32.4 Å². The highest BCUT2D eigenvalue weighted by atomic mass is 16.5. The van der Waals surface area contributed by atoms with E-state index in [2.05, 4.69) is 5.32 Å². The SMILES string of the molecule is C[C@H](Oc1ccccc1)[C@@H](C)NC(=O)Cc1ccc(O)cc1. The molecule has 0 aromatic heterocycles. The molecule has 0 heterocycles. The van der Waals surface area contributed by atoms with Gasteiger partial charge in [-0.25, -0.2) is 0 Å². The van der Waals surface area contributed by atoms with Crippen LogP contribution in [-0.4, -0.2) is 23.2 Å². The van der Waals surface area contributed by atoms with Gasteiger partial charge in [-0.15, -0.1) is 0 Å². The van der Waals surface area contributed by atoms with Crippen LogP contribution in [0.4, 0.5) is 0 Å². The lowest BCUT2D eigenvalue weighted by Gasteiger charge is -2.22. The number of carbonyl (C=O) groups excluding carboxylic acids is 1. The fraction of sp³-hybridized carbons (Fsp3) is 0.278. The van der Waals surface area contributed by atoms with E-state index >= 15 is 0 Å². The predicted octanol–water partition coefficient (Wildman–Crippen LogP) is 2.91. The molecule has 2 N–H and O–H groups in total. The first kappa shape index (κ1) is 15.9. The Labute approximate surface area is 130 Å². The fourth-order valence-corrected chi connectivity index (χ4v) is 2.04. The predicted molar refractivity (Wildman–Crippen MR) is 85.9 cm³/mol. The summed E-state index contributed by atoms with van der Waals surface area (Å²) in [6, 6.07) is 16.1. The molecular weight excluding hydrogens is 278 g/mol. The molecule has 1 amide bonds. The zero-order chi connectivity index (χ0) is 15.9. The van der Waals surface area contributed by atoms with Crippen molar-refractivity contribution in [2.75, 3.05) is 0 Å². The highest BCUT2D eigenvalue weighted by molar-refractivity contribution is 5.78. The second kappa shape index (κ2) is 7.50. The van der Waals surface area contributed by atoms with E-state index in [0.29, 0.717) is 0 Å². The molecule has 0 aliphatic carbocycles. The number of hydrogen-bond acceptors (Lipinski definition) is 3. The zero-order valence-corrected chi connectivity index (χ0v) is 12.8. The largest absolute Gasteiger partial charge is 0.508 e. The molecule has 2 aromatic rings. The van der Waals surface area contributed by atoms with E-state index in [4.69, 9.17) is 4.74 Å². The van der Waals surface area contributed by atoms with Crippen LogP contribution in [0.5, 0.6) is 11.5 Å². The number of rotatable bonds is 6. The van der Waals surface area contributed by atoms with Crippen molar-refractivity contribution in [1.29, 1.82) is 0 Å². The van der Waals surface area contributed by atoms with Crippen LogP contribution in [-0.2, 0) is 11.2 Å². The van der Waals surface area contributed by atoms with Crippen LogP contribution in [0.15, 0.2) is 54.6 Å². The summed E-state index contributed by atoms with van der Waals surface area (Å²) in [6.45, 7) is 3.85. The van der Waals surface area contributed by atoms with Crippen LogP contribution in [0.25, 0.3) is 0 Å². The number of ether oxygens (including phenoxy) is 1. The smallest absolute Gasteiger partial charge is 0.224 e. The minimum Gasteiger partial charge on any atom is -0.508 e. The van der Waals surface area contributed by atoms with Gasteiger partial charge in [0.05, 0.1) is 12.5 Å². The zero-order valence-electron chi connectivity index (χ0n) is 12.8. The molecule has 0 radical (unpaired) electrons. The Morgan fingerprint density at radius 1 is 1.09 bits per heavy atom. The molecular formula is C18H21NO3. The van der Waals surface area contributed by atoms with E-state index in [9.17, 15) is 9.90 Å². The van der Waals surface area contributed by atoms with Gasteiger partial charge in [0, 0.05) is 0 Å². The summed E-state index contributed by atoms with van der Waals surface area (Å²) in [7, 11) is 0. The van der Waals surface area contributed by atoms with Gasteiger partial charge in [-0.05, 0) is 43.7 Å². The number of phenolic OH excluding ortho intramolecular Hbond substituents is 1. The molecule has 0 unspecified atom stereocenters. The van der Waals surface area contributed by atoms with Gasteiger partial charge >= 0.3 is 0 Å². The highest BCUT2D eigenvalue weighted by Gasteiger charge is 2.16. The maximum Gasteiger partial charge on any atom is 0.224 e. The molecule has 4 heteroatoms. The Bertz CT molecular complexity index is 595. The normalized spacial score (nSPS) is 13.2. The molecule has 0 saturated heterocycles. The molecule has 0 fully saturated rings. The van der Waals surface area contributed by atoms with Crippen molar-refractivity contribution in [3.05, 3.63) is 60.2 Å². The van der Waals surface area contributed by atoms with Gasteiger partial charge in [-0.3, -0.25) is 4.79 Å². The molecule has 0 bridgehead atoms. The number of para-hydroxylation sites is 1.